The number of imidazole rings is 1. The van der Waals surface area contributed by atoms with Crippen LogP contribution in [0.3, 0.4) is 0 Å². The van der Waals surface area contributed by atoms with E-state index in [-0.39, 0.29) is 24.5 Å². The molecule has 0 spiro atoms. The number of aliphatic carboxylic acids is 2. The number of hydrogen-bond donors (Lipinski definition) is 3. The number of carboxylic acids is 2. The van der Waals surface area contributed by atoms with Gasteiger partial charge in [-0.2, -0.15) is 0 Å². The first kappa shape index (κ1) is 20.6. The molecule has 1 aliphatic rings. The molecule has 0 radical (unpaired) electrons. The van der Waals surface area contributed by atoms with Crippen LogP contribution in [-0.4, -0.2) is 48.2 Å². The lowest BCUT2D eigenvalue weighted by molar-refractivity contribution is -0.178. The number of nitrogens with zero attached hydrogens (tertiary/aromatic N) is 3. The van der Waals surface area contributed by atoms with Gasteiger partial charge >= 0.3 is 11.9 Å². The van der Waals surface area contributed by atoms with Crippen LogP contribution in [0.1, 0.15) is 12.8 Å². The van der Waals surface area contributed by atoms with Crippen molar-refractivity contribution in [1.82, 2.24) is 19.9 Å². The van der Waals surface area contributed by atoms with Crippen LogP contribution in [0.4, 0.5) is 4.39 Å². The number of benzene rings is 1. The summed E-state index contributed by atoms with van der Waals surface area (Å²) in [7, 11) is 0. The molecule has 3 heterocycles. The summed E-state index contributed by atoms with van der Waals surface area (Å²) >= 11 is 0. The first-order chi connectivity index (χ1) is 15.8. The van der Waals surface area contributed by atoms with Crippen molar-refractivity contribution in [3.63, 3.8) is 0 Å². The minimum atomic E-state index is -1.79. The van der Waals surface area contributed by atoms with E-state index in [1.807, 2.05) is 6.07 Å². The van der Waals surface area contributed by atoms with Crippen molar-refractivity contribution in [2.24, 2.45) is 5.41 Å². The van der Waals surface area contributed by atoms with Crippen molar-refractivity contribution in [1.29, 1.82) is 0 Å². The second kappa shape index (κ2) is 7.66. The van der Waals surface area contributed by atoms with Gasteiger partial charge in [-0.05, 0) is 36.4 Å². The smallest absolute Gasteiger partial charge is 0.321 e. The number of halogens is 1. The van der Waals surface area contributed by atoms with E-state index in [9.17, 15) is 14.0 Å². The van der Waals surface area contributed by atoms with Gasteiger partial charge in [0.1, 0.15) is 17.7 Å². The van der Waals surface area contributed by atoms with E-state index in [4.69, 9.17) is 14.9 Å². The second-order valence-electron chi connectivity index (χ2n) is 7.90. The lowest BCUT2D eigenvalue weighted by Crippen LogP contribution is -2.54. The maximum atomic E-state index is 13.4. The van der Waals surface area contributed by atoms with Crippen LogP contribution in [0.2, 0.25) is 0 Å². The molecular weight excluding hydrogens is 431 g/mol. The molecule has 0 aliphatic heterocycles. The van der Waals surface area contributed by atoms with Gasteiger partial charge in [-0.3, -0.25) is 14.6 Å². The second-order valence-corrected chi connectivity index (χ2v) is 7.90. The van der Waals surface area contributed by atoms with Gasteiger partial charge in [-0.1, -0.05) is 0 Å². The molecular formula is C23H17FN4O5. The topological polar surface area (TPSA) is 138 Å². The van der Waals surface area contributed by atoms with Crippen LogP contribution in [0, 0.1) is 11.2 Å². The molecule has 1 aliphatic carbocycles. The Kier molecular flexibility index (Phi) is 4.77. The lowest BCUT2D eigenvalue weighted by atomic mass is 9.66. The van der Waals surface area contributed by atoms with Crippen molar-refractivity contribution >= 4 is 23.0 Å². The van der Waals surface area contributed by atoms with Crippen LogP contribution in [-0.2, 0) is 9.59 Å². The quantitative estimate of drug-likeness (QED) is 0.381. The summed E-state index contributed by atoms with van der Waals surface area (Å²) in [6, 6.07) is 11.4. The Morgan fingerprint density at radius 1 is 1.00 bits per heavy atom. The van der Waals surface area contributed by atoms with Gasteiger partial charge in [-0.15, -0.1) is 0 Å². The number of carboxylic acid groups (broad SMARTS) is 2. The Hall–Kier alpha value is -4.34. The molecule has 0 saturated heterocycles. The number of H-pyrrole nitrogens is 1. The number of nitrogens with one attached hydrogen (secondary N) is 1. The van der Waals surface area contributed by atoms with Crippen LogP contribution in [0.15, 0.2) is 54.9 Å². The molecule has 1 fully saturated rings. The zero-order valence-electron chi connectivity index (χ0n) is 17.0. The fraction of sp³-hybridized carbons (Fsp3) is 0.174. The summed E-state index contributed by atoms with van der Waals surface area (Å²) in [5.74, 6) is -2.20. The molecule has 5 rings (SSSR count). The SMILES string of the molecule is O=C(O)C1(C(=O)O)CC(Oc2ccc(-c3ccc(-c4nc5ccc(F)cc5[nH]4)cn3)cn2)C1. The van der Waals surface area contributed by atoms with Gasteiger partial charge in [0.25, 0.3) is 0 Å². The van der Waals surface area contributed by atoms with Crippen molar-refractivity contribution in [2.75, 3.05) is 0 Å². The maximum absolute atomic E-state index is 13.4. The Balaban J connectivity index is 1.27. The van der Waals surface area contributed by atoms with E-state index in [0.717, 1.165) is 11.1 Å². The molecule has 1 aromatic carbocycles. The molecule has 10 heteroatoms. The number of hydrogen-bond acceptors (Lipinski definition) is 6. The highest BCUT2D eigenvalue weighted by molar-refractivity contribution is 5.99. The first-order valence-electron chi connectivity index (χ1n) is 10.1. The van der Waals surface area contributed by atoms with E-state index in [2.05, 4.69) is 19.9 Å². The molecule has 0 bridgehead atoms. The van der Waals surface area contributed by atoms with Crippen molar-refractivity contribution in [3.05, 3.63) is 60.7 Å². The third-order valence-corrected chi connectivity index (χ3v) is 5.77. The minimum absolute atomic E-state index is 0.113. The number of rotatable bonds is 6. The highest BCUT2D eigenvalue weighted by Crippen LogP contribution is 2.43. The largest absolute Gasteiger partial charge is 0.480 e. The van der Waals surface area contributed by atoms with Gasteiger partial charge in [0, 0.05) is 42.4 Å². The highest BCUT2D eigenvalue weighted by atomic mass is 19.1. The number of carbonyl (C=O) groups is 2. The maximum Gasteiger partial charge on any atom is 0.321 e. The van der Waals surface area contributed by atoms with Gasteiger partial charge in [0.15, 0.2) is 5.41 Å². The third kappa shape index (κ3) is 3.65. The van der Waals surface area contributed by atoms with Gasteiger partial charge in [0.2, 0.25) is 5.88 Å². The van der Waals surface area contributed by atoms with Gasteiger partial charge in [0.05, 0.1) is 16.7 Å². The molecule has 0 unspecified atom stereocenters. The summed E-state index contributed by atoms with van der Waals surface area (Å²) in [6.07, 6.45) is 2.48. The number of pyridine rings is 2. The Morgan fingerprint density at radius 2 is 1.73 bits per heavy atom. The molecule has 4 aromatic rings. The summed E-state index contributed by atoms with van der Waals surface area (Å²) in [6.45, 7) is 0. The predicted octanol–water partition coefficient (Wildman–Crippen LogP) is 3.52. The molecule has 166 valence electrons. The highest BCUT2D eigenvalue weighted by Gasteiger charge is 2.58. The lowest BCUT2D eigenvalue weighted by Gasteiger charge is -2.40. The molecule has 0 amide bonds. The fourth-order valence-corrected chi connectivity index (χ4v) is 3.84. The third-order valence-electron chi connectivity index (χ3n) is 5.77. The monoisotopic (exact) mass is 448 g/mol. The summed E-state index contributed by atoms with van der Waals surface area (Å²) in [5.41, 5.74) is 1.62. The van der Waals surface area contributed by atoms with E-state index >= 15 is 0 Å². The average molecular weight is 448 g/mol. The molecule has 33 heavy (non-hydrogen) atoms. The van der Waals surface area contributed by atoms with Crippen LogP contribution in [0.25, 0.3) is 33.7 Å². The van der Waals surface area contributed by atoms with Crippen molar-refractivity contribution < 1.29 is 28.9 Å². The van der Waals surface area contributed by atoms with Crippen molar-refractivity contribution in [3.8, 4) is 28.5 Å². The number of aromatic amines is 1. The zero-order valence-corrected chi connectivity index (χ0v) is 17.0. The minimum Gasteiger partial charge on any atom is -0.480 e. The zero-order chi connectivity index (χ0) is 23.2. The van der Waals surface area contributed by atoms with E-state index in [0.29, 0.717) is 22.6 Å². The van der Waals surface area contributed by atoms with Gasteiger partial charge in [-0.25, -0.2) is 14.4 Å². The summed E-state index contributed by atoms with van der Waals surface area (Å²) < 4.78 is 19.0. The average Bonchev–Trinajstić information content (AvgIpc) is 3.19. The normalized spacial score (nSPS) is 15.2. The molecule has 3 aromatic heterocycles. The molecule has 0 atom stereocenters. The summed E-state index contributed by atoms with van der Waals surface area (Å²) in [4.78, 5) is 38.7. The molecule has 1 saturated carbocycles. The number of fused-ring (bicyclic) bond motifs is 1. The first-order valence-corrected chi connectivity index (χ1v) is 10.1. The van der Waals surface area contributed by atoms with Gasteiger partial charge < -0.3 is 19.9 Å². The Labute approximate surface area is 185 Å². The fourth-order valence-electron chi connectivity index (χ4n) is 3.84. The molecule has 3 N–H and O–H groups in total. The molecule has 9 nitrogen and oxygen atoms in total. The number of aromatic nitrogens is 4. The summed E-state index contributed by atoms with van der Waals surface area (Å²) in [5, 5.41) is 18.3. The van der Waals surface area contributed by atoms with E-state index in [1.165, 1.54) is 12.1 Å². The standard InChI is InChI=1S/C23H17FN4O5/c24-14-3-5-17-18(7-14)28-20(27-17)13-1-4-16(25-11-13)12-2-6-19(26-10-12)33-15-8-23(9-15,21(29)30)22(31)32/h1-7,10-11,15H,8-9H2,(H,27,28)(H,29,30)(H,31,32). The predicted molar refractivity (Wildman–Crippen MR) is 114 cm³/mol. The van der Waals surface area contributed by atoms with Crippen molar-refractivity contribution in [2.45, 2.75) is 18.9 Å². The Bertz CT molecular complexity index is 1350. The Morgan fingerprint density at radius 3 is 2.36 bits per heavy atom. The van der Waals surface area contributed by atoms with Crippen LogP contribution >= 0.6 is 0 Å². The van der Waals surface area contributed by atoms with E-state index < -0.39 is 23.5 Å². The van der Waals surface area contributed by atoms with Crippen LogP contribution in [0.5, 0.6) is 5.88 Å². The van der Waals surface area contributed by atoms with E-state index in [1.54, 1.807) is 36.7 Å². The number of ether oxygens (including phenoxy) is 1. The van der Waals surface area contributed by atoms with Crippen LogP contribution < -0.4 is 4.74 Å².